The monoisotopic (exact) mass is 272 g/mol. The highest BCUT2D eigenvalue weighted by Crippen LogP contribution is 2.68. The second-order valence-corrected chi connectivity index (χ2v) is 10.1. The second kappa shape index (κ2) is 4.59. The predicted octanol–water partition coefficient (Wildman–Crippen LogP) is 5.27. The molecule has 1 heteroatoms. The highest BCUT2D eigenvalue weighted by Gasteiger charge is 2.52. The van der Waals surface area contributed by atoms with Crippen LogP contribution in [0.3, 0.4) is 0 Å². The SMILES string of the molecule is CP(Cc1ccccc1)C12CC3CC(CC(C3)C1)C2. The molecule has 0 spiro atoms. The summed E-state index contributed by atoms with van der Waals surface area (Å²) in [7, 11) is 0.169. The first-order valence-corrected chi connectivity index (χ1v) is 9.96. The molecule has 0 N–H and O–H groups in total. The maximum absolute atomic E-state index is 2.61. The smallest absolute Gasteiger partial charge is 0.00706 e. The summed E-state index contributed by atoms with van der Waals surface area (Å²) in [6.07, 6.45) is 10.8. The molecular weight excluding hydrogens is 247 g/mol. The number of hydrogen-bond donors (Lipinski definition) is 0. The Balaban J connectivity index is 1.55. The lowest BCUT2D eigenvalue weighted by Gasteiger charge is -2.59. The zero-order chi connectivity index (χ0) is 12.9. The van der Waals surface area contributed by atoms with Crippen LogP contribution < -0.4 is 0 Å². The quantitative estimate of drug-likeness (QED) is 0.658. The van der Waals surface area contributed by atoms with E-state index in [1.54, 1.807) is 44.1 Å². The van der Waals surface area contributed by atoms with Crippen LogP contribution >= 0.6 is 7.92 Å². The van der Waals surface area contributed by atoms with Gasteiger partial charge in [0.25, 0.3) is 0 Å². The van der Waals surface area contributed by atoms with E-state index in [-0.39, 0.29) is 7.92 Å². The average molecular weight is 272 g/mol. The highest BCUT2D eigenvalue weighted by atomic mass is 31.1. The molecule has 4 bridgehead atoms. The Kier molecular flexibility index (Phi) is 2.99. The van der Waals surface area contributed by atoms with Crippen LogP contribution in [0, 0.1) is 17.8 Å². The maximum Gasteiger partial charge on any atom is -0.00706 e. The normalized spacial score (nSPS) is 41.4. The lowest BCUT2D eigenvalue weighted by molar-refractivity contribution is 0.0356. The van der Waals surface area contributed by atoms with E-state index in [1.807, 2.05) is 0 Å². The van der Waals surface area contributed by atoms with Gasteiger partial charge in [-0.3, -0.25) is 0 Å². The van der Waals surface area contributed by atoms with Crippen LogP contribution in [0.15, 0.2) is 30.3 Å². The molecule has 5 rings (SSSR count). The minimum atomic E-state index is 0.169. The molecule has 0 aromatic heterocycles. The third-order valence-electron chi connectivity index (χ3n) is 6.08. The van der Waals surface area contributed by atoms with Gasteiger partial charge in [0, 0.05) is 0 Å². The molecule has 19 heavy (non-hydrogen) atoms. The van der Waals surface area contributed by atoms with E-state index in [4.69, 9.17) is 0 Å². The molecule has 1 atom stereocenters. The third-order valence-corrected chi connectivity index (χ3v) is 9.08. The van der Waals surface area contributed by atoms with Crippen molar-refractivity contribution in [3.05, 3.63) is 35.9 Å². The predicted molar refractivity (Wildman–Crippen MR) is 83.9 cm³/mol. The zero-order valence-electron chi connectivity index (χ0n) is 12.0. The van der Waals surface area contributed by atoms with Gasteiger partial charge in [-0.15, -0.1) is 0 Å². The van der Waals surface area contributed by atoms with Crippen molar-refractivity contribution >= 4 is 7.92 Å². The largest absolute Gasteiger partial charge is 0.0990 e. The van der Waals surface area contributed by atoms with E-state index in [1.165, 1.54) is 6.16 Å². The Morgan fingerprint density at radius 2 is 1.47 bits per heavy atom. The minimum absolute atomic E-state index is 0.169. The van der Waals surface area contributed by atoms with Crippen molar-refractivity contribution in [1.29, 1.82) is 0 Å². The molecule has 4 aliphatic carbocycles. The van der Waals surface area contributed by atoms with Crippen molar-refractivity contribution in [2.24, 2.45) is 17.8 Å². The van der Waals surface area contributed by atoms with Gasteiger partial charge in [-0.1, -0.05) is 38.3 Å². The summed E-state index contributed by atoms with van der Waals surface area (Å²) in [5.74, 6) is 3.31. The molecular formula is C18H25P. The van der Waals surface area contributed by atoms with Crippen LogP contribution in [0.25, 0.3) is 0 Å². The standard InChI is InChI=1S/C18H25P/c1-19(13-14-5-3-2-4-6-14)18-10-15-7-16(11-18)9-17(8-15)12-18/h2-6,15-17H,7-13H2,1H3. The molecule has 0 nitrogen and oxygen atoms in total. The van der Waals surface area contributed by atoms with Gasteiger partial charge < -0.3 is 0 Å². The molecule has 0 saturated heterocycles. The first kappa shape index (κ1) is 12.4. The van der Waals surface area contributed by atoms with Gasteiger partial charge in [0.2, 0.25) is 0 Å². The van der Waals surface area contributed by atoms with Crippen LogP contribution in [-0.2, 0) is 6.16 Å². The third kappa shape index (κ3) is 2.17. The number of rotatable bonds is 3. The van der Waals surface area contributed by atoms with Crippen LogP contribution in [0.2, 0.25) is 0 Å². The van der Waals surface area contributed by atoms with Crippen LogP contribution in [0.1, 0.15) is 44.1 Å². The summed E-state index contributed by atoms with van der Waals surface area (Å²) >= 11 is 0. The second-order valence-electron chi connectivity index (χ2n) is 7.48. The molecule has 4 aliphatic rings. The van der Waals surface area contributed by atoms with E-state index >= 15 is 0 Å². The summed E-state index contributed by atoms with van der Waals surface area (Å²) in [5, 5.41) is 0.778. The van der Waals surface area contributed by atoms with Crippen LogP contribution in [0.4, 0.5) is 0 Å². The summed E-state index contributed by atoms with van der Waals surface area (Å²) in [6, 6.07) is 11.2. The highest BCUT2D eigenvalue weighted by molar-refractivity contribution is 7.57. The van der Waals surface area contributed by atoms with Gasteiger partial charge in [0.15, 0.2) is 0 Å². The van der Waals surface area contributed by atoms with Crippen LogP contribution in [-0.4, -0.2) is 11.8 Å². The van der Waals surface area contributed by atoms with Gasteiger partial charge in [-0.05, 0) is 79.8 Å². The minimum Gasteiger partial charge on any atom is -0.0990 e. The summed E-state index contributed by atoms with van der Waals surface area (Å²) < 4.78 is 0. The van der Waals surface area contributed by atoms with E-state index in [0.717, 1.165) is 22.9 Å². The van der Waals surface area contributed by atoms with E-state index in [0.29, 0.717) is 0 Å². The van der Waals surface area contributed by atoms with Crippen molar-refractivity contribution < 1.29 is 0 Å². The van der Waals surface area contributed by atoms with Gasteiger partial charge >= 0.3 is 0 Å². The maximum atomic E-state index is 2.61. The first-order valence-electron chi connectivity index (χ1n) is 7.99. The zero-order valence-corrected chi connectivity index (χ0v) is 12.9. The lowest BCUT2D eigenvalue weighted by atomic mass is 9.56. The van der Waals surface area contributed by atoms with Gasteiger partial charge in [-0.25, -0.2) is 0 Å². The lowest BCUT2D eigenvalue weighted by Crippen LogP contribution is -2.49. The summed E-state index contributed by atoms with van der Waals surface area (Å²) in [4.78, 5) is 0. The Bertz CT molecular complexity index is 415. The number of hydrogen-bond acceptors (Lipinski definition) is 0. The average Bonchev–Trinajstić information content (AvgIpc) is 2.38. The van der Waals surface area contributed by atoms with Gasteiger partial charge in [-0.2, -0.15) is 0 Å². The Morgan fingerprint density at radius 1 is 0.947 bits per heavy atom. The molecule has 0 radical (unpaired) electrons. The molecule has 4 saturated carbocycles. The van der Waals surface area contributed by atoms with Crippen molar-refractivity contribution in [1.82, 2.24) is 0 Å². The molecule has 1 unspecified atom stereocenters. The molecule has 0 amide bonds. The first-order chi connectivity index (χ1) is 9.23. The van der Waals surface area contributed by atoms with E-state index in [2.05, 4.69) is 37.0 Å². The summed E-state index contributed by atoms with van der Waals surface area (Å²) in [5.41, 5.74) is 1.58. The Hall–Kier alpha value is -0.350. The fourth-order valence-electron chi connectivity index (χ4n) is 5.56. The van der Waals surface area contributed by atoms with E-state index < -0.39 is 0 Å². The van der Waals surface area contributed by atoms with Gasteiger partial charge in [0.1, 0.15) is 0 Å². The molecule has 4 fully saturated rings. The molecule has 0 heterocycles. The Labute approximate surface area is 118 Å². The topological polar surface area (TPSA) is 0 Å². The van der Waals surface area contributed by atoms with Crippen molar-refractivity contribution in [2.45, 2.75) is 49.8 Å². The fourth-order valence-corrected chi connectivity index (χ4v) is 8.36. The summed E-state index contributed by atoms with van der Waals surface area (Å²) in [6.45, 7) is 2.61. The number of benzene rings is 1. The van der Waals surface area contributed by atoms with Crippen LogP contribution in [0.5, 0.6) is 0 Å². The van der Waals surface area contributed by atoms with Gasteiger partial charge in [0.05, 0.1) is 0 Å². The molecule has 102 valence electrons. The fraction of sp³-hybridized carbons (Fsp3) is 0.667. The molecule has 1 aromatic rings. The van der Waals surface area contributed by atoms with Crippen molar-refractivity contribution in [2.75, 3.05) is 6.66 Å². The van der Waals surface area contributed by atoms with Crippen molar-refractivity contribution in [3.8, 4) is 0 Å². The van der Waals surface area contributed by atoms with E-state index in [9.17, 15) is 0 Å². The van der Waals surface area contributed by atoms with Crippen molar-refractivity contribution in [3.63, 3.8) is 0 Å². The molecule has 1 aromatic carbocycles. The molecule has 0 aliphatic heterocycles. The Morgan fingerprint density at radius 3 is 2.00 bits per heavy atom.